The summed E-state index contributed by atoms with van der Waals surface area (Å²) in [6.07, 6.45) is 1.02. The number of hydrogen-bond donors (Lipinski definition) is 3. The Labute approximate surface area is 148 Å². The van der Waals surface area contributed by atoms with E-state index in [2.05, 4.69) is 16.0 Å². The maximum Gasteiger partial charge on any atom is 0.242 e. The molecule has 0 aliphatic carbocycles. The highest BCUT2D eigenvalue weighted by molar-refractivity contribution is 5.90. The van der Waals surface area contributed by atoms with Gasteiger partial charge in [0, 0.05) is 13.5 Å². The summed E-state index contributed by atoms with van der Waals surface area (Å²) in [5.74, 6) is -0.386. The van der Waals surface area contributed by atoms with E-state index in [1.165, 1.54) is 0 Å². The van der Waals surface area contributed by atoms with Gasteiger partial charge < -0.3 is 16.0 Å². The van der Waals surface area contributed by atoms with Gasteiger partial charge in [-0.2, -0.15) is 0 Å². The predicted octanol–water partition coefficient (Wildman–Crippen LogP) is 1.29. The number of hydrogen-bond acceptors (Lipinski definition) is 3. The second kappa shape index (κ2) is 9.59. The number of nitrogens with one attached hydrogen (secondary N) is 3. The molecular formula is C20H25N3O2. The molecule has 0 aliphatic heterocycles. The third-order valence-electron chi connectivity index (χ3n) is 4.11. The van der Waals surface area contributed by atoms with Gasteiger partial charge in [-0.05, 0) is 24.6 Å². The van der Waals surface area contributed by atoms with E-state index in [1.807, 2.05) is 60.7 Å². The molecule has 2 aromatic carbocycles. The van der Waals surface area contributed by atoms with E-state index >= 15 is 0 Å². The summed E-state index contributed by atoms with van der Waals surface area (Å²) in [7, 11) is 3.32. The molecular weight excluding hydrogens is 314 g/mol. The fourth-order valence-electron chi connectivity index (χ4n) is 2.68. The van der Waals surface area contributed by atoms with Crippen molar-refractivity contribution in [1.82, 2.24) is 16.0 Å². The topological polar surface area (TPSA) is 70.2 Å². The molecule has 0 unspecified atom stereocenters. The molecule has 3 N–H and O–H groups in total. The lowest BCUT2D eigenvalue weighted by Gasteiger charge is -2.22. The number of carbonyl (C=O) groups is 2. The minimum Gasteiger partial charge on any atom is -0.357 e. The van der Waals surface area contributed by atoms with Crippen molar-refractivity contribution >= 4 is 11.8 Å². The van der Waals surface area contributed by atoms with Gasteiger partial charge in [-0.15, -0.1) is 0 Å². The van der Waals surface area contributed by atoms with Gasteiger partial charge in [0.1, 0.15) is 6.04 Å². The van der Waals surface area contributed by atoms with Gasteiger partial charge in [-0.1, -0.05) is 60.7 Å². The van der Waals surface area contributed by atoms with Crippen LogP contribution in [-0.2, 0) is 22.4 Å². The Bertz CT molecular complexity index is 674. The van der Waals surface area contributed by atoms with Crippen LogP contribution < -0.4 is 16.0 Å². The Balaban J connectivity index is 2.05. The summed E-state index contributed by atoms with van der Waals surface area (Å²) in [5, 5.41) is 8.53. The summed E-state index contributed by atoms with van der Waals surface area (Å²) < 4.78 is 0. The van der Waals surface area contributed by atoms with Crippen LogP contribution in [0, 0.1) is 0 Å². The van der Waals surface area contributed by atoms with Crippen LogP contribution in [0.25, 0.3) is 0 Å². The van der Waals surface area contributed by atoms with Crippen molar-refractivity contribution in [1.29, 1.82) is 0 Å². The second-order valence-corrected chi connectivity index (χ2v) is 5.90. The Hall–Kier alpha value is -2.66. The van der Waals surface area contributed by atoms with Gasteiger partial charge in [0.2, 0.25) is 11.8 Å². The first-order chi connectivity index (χ1) is 12.1. The molecule has 2 amide bonds. The van der Waals surface area contributed by atoms with Crippen LogP contribution >= 0.6 is 0 Å². The normalized spacial score (nSPS) is 12.9. The lowest BCUT2D eigenvalue weighted by Crippen LogP contribution is -2.53. The quantitative estimate of drug-likeness (QED) is 0.679. The molecule has 0 bridgehead atoms. The molecule has 25 heavy (non-hydrogen) atoms. The van der Waals surface area contributed by atoms with E-state index in [4.69, 9.17) is 0 Å². The summed E-state index contributed by atoms with van der Waals surface area (Å²) in [6, 6.07) is 18.5. The molecule has 0 aromatic heterocycles. The Kier molecular flexibility index (Phi) is 7.16. The van der Waals surface area contributed by atoms with Crippen molar-refractivity contribution in [3.05, 3.63) is 71.8 Å². The van der Waals surface area contributed by atoms with E-state index in [9.17, 15) is 9.59 Å². The fraction of sp³-hybridized carbons (Fsp3) is 0.300. The molecule has 0 saturated carbocycles. The minimum atomic E-state index is -0.605. The summed E-state index contributed by atoms with van der Waals surface area (Å²) in [6.45, 7) is 0. The van der Waals surface area contributed by atoms with Crippen LogP contribution in [-0.4, -0.2) is 38.0 Å². The maximum atomic E-state index is 12.6. The lowest BCUT2D eigenvalue weighted by atomic mass is 10.0. The molecule has 0 saturated heterocycles. The molecule has 0 aliphatic rings. The molecule has 5 nitrogen and oxygen atoms in total. The van der Waals surface area contributed by atoms with Gasteiger partial charge in [0.15, 0.2) is 0 Å². The summed E-state index contributed by atoms with van der Waals surface area (Å²) in [5.41, 5.74) is 2.07. The van der Waals surface area contributed by atoms with Crippen LogP contribution in [0.3, 0.4) is 0 Å². The van der Waals surface area contributed by atoms with E-state index in [0.29, 0.717) is 12.8 Å². The van der Waals surface area contributed by atoms with Gasteiger partial charge in [-0.25, -0.2) is 0 Å². The van der Waals surface area contributed by atoms with Crippen molar-refractivity contribution in [2.24, 2.45) is 0 Å². The zero-order valence-electron chi connectivity index (χ0n) is 14.7. The van der Waals surface area contributed by atoms with Crippen molar-refractivity contribution in [2.45, 2.75) is 24.9 Å². The molecule has 2 aromatic rings. The number of benzene rings is 2. The van der Waals surface area contributed by atoms with Crippen LogP contribution in [0.4, 0.5) is 0 Å². The van der Waals surface area contributed by atoms with E-state index in [-0.39, 0.29) is 11.8 Å². The van der Waals surface area contributed by atoms with Gasteiger partial charge >= 0.3 is 0 Å². The van der Waals surface area contributed by atoms with Crippen LogP contribution in [0.1, 0.15) is 11.1 Å². The van der Waals surface area contributed by atoms with Crippen LogP contribution in [0.15, 0.2) is 60.7 Å². The van der Waals surface area contributed by atoms with Crippen molar-refractivity contribution < 1.29 is 9.59 Å². The molecule has 0 radical (unpaired) electrons. The molecule has 2 atom stereocenters. The van der Waals surface area contributed by atoms with E-state index in [1.54, 1.807) is 14.1 Å². The Morgan fingerprint density at radius 3 is 1.68 bits per heavy atom. The summed E-state index contributed by atoms with van der Waals surface area (Å²) >= 11 is 0. The monoisotopic (exact) mass is 339 g/mol. The fourth-order valence-corrected chi connectivity index (χ4v) is 2.68. The SMILES string of the molecule is CNC(=O)[C@@H](Cc1ccccc1)NC(=O)[C@@H](Cc1ccccc1)NC. The molecule has 0 fully saturated rings. The van der Waals surface area contributed by atoms with Gasteiger partial charge in [0.25, 0.3) is 0 Å². The molecule has 2 rings (SSSR count). The number of likely N-dealkylation sites (N-methyl/N-ethyl adjacent to an activating group) is 2. The molecule has 0 spiro atoms. The molecule has 0 heterocycles. The van der Waals surface area contributed by atoms with Crippen LogP contribution in [0.2, 0.25) is 0 Å². The van der Waals surface area contributed by atoms with Gasteiger partial charge in [0.05, 0.1) is 6.04 Å². The smallest absolute Gasteiger partial charge is 0.242 e. The van der Waals surface area contributed by atoms with Crippen LogP contribution in [0.5, 0.6) is 0 Å². The van der Waals surface area contributed by atoms with E-state index < -0.39 is 12.1 Å². The maximum absolute atomic E-state index is 12.6. The number of amides is 2. The first-order valence-corrected chi connectivity index (χ1v) is 8.41. The lowest BCUT2D eigenvalue weighted by molar-refractivity contribution is -0.129. The third kappa shape index (κ3) is 5.72. The van der Waals surface area contributed by atoms with Crippen molar-refractivity contribution in [3.8, 4) is 0 Å². The largest absolute Gasteiger partial charge is 0.357 e. The zero-order valence-corrected chi connectivity index (χ0v) is 14.7. The molecule has 5 heteroatoms. The first kappa shape index (κ1) is 18.7. The molecule has 132 valence electrons. The average Bonchev–Trinajstić information content (AvgIpc) is 2.66. The van der Waals surface area contributed by atoms with E-state index in [0.717, 1.165) is 11.1 Å². The predicted molar refractivity (Wildman–Crippen MR) is 99.1 cm³/mol. The number of rotatable bonds is 8. The van der Waals surface area contributed by atoms with Gasteiger partial charge in [-0.3, -0.25) is 9.59 Å². The highest BCUT2D eigenvalue weighted by Crippen LogP contribution is 2.06. The average molecular weight is 339 g/mol. The third-order valence-corrected chi connectivity index (χ3v) is 4.11. The van der Waals surface area contributed by atoms with Crippen molar-refractivity contribution in [3.63, 3.8) is 0 Å². The standard InChI is InChI=1S/C20H25N3O2/c1-21-17(13-15-9-5-3-6-10-15)20(25)23-18(19(24)22-2)14-16-11-7-4-8-12-16/h3-12,17-18,21H,13-14H2,1-2H3,(H,22,24)(H,23,25)/t17-,18-/m1/s1. The summed E-state index contributed by atoms with van der Waals surface area (Å²) in [4.78, 5) is 24.8. The first-order valence-electron chi connectivity index (χ1n) is 8.41. The number of carbonyl (C=O) groups excluding carboxylic acids is 2. The minimum absolute atomic E-state index is 0.184. The Morgan fingerprint density at radius 1 is 0.760 bits per heavy atom. The Morgan fingerprint density at radius 2 is 1.24 bits per heavy atom. The zero-order chi connectivity index (χ0) is 18.1. The highest BCUT2D eigenvalue weighted by atomic mass is 16.2. The highest BCUT2D eigenvalue weighted by Gasteiger charge is 2.24. The second-order valence-electron chi connectivity index (χ2n) is 5.90. The van der Waals surface area contributed by atoms with Crippen molar-refractivity contribution in [2.75, 3.05) is 14.1 Å².